The Hall–Kier alpha value is -8.10. The molecule has 0 aliphatic carbocycles. The molecule has 7 fully saturated rings. The highest BCUT2D eigenvalue weighted by atomic mass is 16.8. The summed E-state index contributed by atoms with van der Waals surface area (Å²) in [6, 6.07) is 5.66. The first kappa shape index (κ1) is 74.6. The van der Waals surface area contributed by atoms with Crippen LogP contribution in [0.2, 0.25) is 0 Å². The lowest BCUT2D eigenvalue weighted by Crippen LogP contribution is -2.69. The number of hydrogen-bond acceptors (Lipinski definition) is 28. The number of anilines is 1. The number of amides is 6. The van der Waals surface area contributed by atoms with Gasteiger partial charge in [0.15, 0.2) is 30.7 Å². The average Bonchev–Trinajstić information content (AvgIpc) is 1.50. The Morgan fingerprint density at radius 3 is 1.91 bits per heavy atom. The zero-order chi connectivity index (χ0) is 72.1. The Morgan fingerprint density at radius 1 is 0.590 bits per heavy atom. The quantitative estimate of drug-likeness (QED) is 0.0562. The fourth-order valence-electron chi connectivity index (χ4n) is 12.8. The summed E-state index contributed by atoms with van der Waals surface area (Å²) in [4.78, 5) is 90.1. The van der Waals surface area contributed by atoms with Gasteiger partial charge in [0.1, 0.15) is 127 Å². The van der Waals surface area contributed by atoms with E-state index in [0.29, 0.717) is 16.9 Å². The van der Waals surface area contributed by atoms with Gasteiger partial charge in [-0.15, -0.1) is 0 Å². The molecule has 38 nitrogen and oxygen atoms in total. The molecule has 25 atom stereocenters. The third-order valence-electron chi connectivity index (χ3n) is 18.4. The number of benzene rings is 3. The third kappa shape index (κ3) is 15.8. The lowest BCUT2D eigenvalue weighted by molar-refractivity contribution is -0.343. The molecule has 548 valence electrons. The Balaban J connectivity index is 0.928. The number of carbonyl (C=O) groups excluding carboxylic acids is 6. The summed E-state index contributed by atoms with van der Waals surface area (Å²) in [5.41, 5.74) is 1.33. The summed E-state index contributed by atoms with van der Waals surface area (Å²) < 4.78 is 47.3. The van der Waals surface area contributed by atoms with Crippen LogP contribution >= 0.6 is 0 Å². The van der Waals surface area contributed by atoms with Crippen LogP contribution < -0.4 is 56.9 Å². The highest BCUT2D eigenvalue weighted by Crippen LogP contribution is 2.42. The summed E-state index contributed by atoms with van der Waals surface area (Å²) in [5.74, 6) is -7.77. The number of aliphatic hydroxyl groups excluding tert-OH is 12. The number of nitrogens with one attached hydrogen (secondary N) is 10. The van der Waals surface area contributed by atoms with E-state index in [9.17, 15) is 80.5 Å². The second-order valence-electron chi connectivity index (χ2n) is 24.9. The molecule has 0 bridgehead atoms. The number of methoxy groups -OCH3 is 1. The molecular formula is C62H84N12O26. The number of hydrogen-bond donors (Lipinski definition) is 22. The van der Waals surface area contributed by atoms with E-state index in [1.54, 1.807) is 49.4 Å². The predicted molar refractivity (Wildman–Crippen MR) is 336 cm³/mol. The molecule has 7 heterocycles. The summed E-state index contributed by atoms with van der Waals surface area (Å²) >= 11 is 0. The van der Waals surface area contributed by atoms with Crippen molar-refractivity contribution in [2.75, 3.05) is 58.1 Å². The van der Waals surface area contributed by atoms with Gasteiger partial charge in [0, 0.05) is 30.8 Å². The second-order valence-corrected chi connectivity index (χ2v) is 24.9. The van der Waals surface area contributed by atoms with Crippen LogP contribution in [0.4, 0.5) is 5.69 Å². The first-order valence-electron chi connectivity index (χ1n) is 32.1. The van der Waals surface area contributed by atoms with Crippen molar-refractivity contribution in [3.8, 4) is 11.5 Å². The molecule has 0 saturated carbocycles. The van der Waals surface area contributed by atoms with Crippen LogP contribution in [0.15, 0.2) is 72.8 Å². The minimum absolute atomic E-state index is 0.0450. The van der Waals surface area contributed by atoms with Gasteiger partial charge < -0.3 is 147 Å². The van der Waals surface area contributed by atoms with E-state index >= 15 is 9.59 Å². The standard InChI is InChI=1S/C62H84N12O26/c1-24-7-4-5-10-33(24)73-25(2)52(88)68-30(15-26-11-13-28(14-12-26)94-59-48(87)46(85)49(37(23-78)97-59)98-60-51-50(44(83)36(22-77)96-60)99-58(100-51)27-8-6-9-29(16-27)93-3)54(90)71-39(41(80)31-17-66-61(63)70-31)56(92)72-40(55(91)69-32(20-75)53(89)65-19-38(73)79)42(81)34-18-67-62(64)74(34)57-47(86)45(84)43(82)35(21-76)95-57/h4-14,16,25,30-32,34-37,39-51,57-60,75-78,80-87H,15,17-23H2,1-3H3,(H2,64,67)(H,65,89)(H,68,88)(H,69,91)(H,71,90)(H,72,92)(H3,63,66,70). The van der Waals surface area contributed by atoms with Crippen molar-refractivity contribution in [1.82, 2.24) is 47.4 Å². The number of nitrogens with zero attached hydrogens (tertiary/aromatic N) is 2. The van der Waals surface area contributed by atoms with E-state index in [0.717, 1.165) is 9.80 Å². The van der Waals surface area contributed by atoms with E-state index in [-0.39, 0.29) is 29.5 Å². The minimum atomic E-state index is -2.36. The van der Waals surface area contributed by atoms with Gasteiger partial charge in [-0.1, -0.05) is 42.5 Å². The van der Waals surface area contributed by atoms with Gasteiger partial charge in [0.25, 0.3) is 0 Å². The molecule has 25 unspecified atom stereocenters. The fourth-order valence-corrected chi connectivity index (χ4v) is 12.8. The van der Waals surface area contributed by atoms with Crippen LogP contribution in [0.3, 0.4) is 0 Å². The van der Waals surface area contributed by atoms with E-state index in [4.69, 9.17) is 48.7 Å². The lowest BCUT2D eigenvalue weighted by atomic mass is 9.95. The highest BCUT2D eigenvalue weighted by Gasteiger charge is 2.57. The largest absolute Gasteiger partial charge is 0.497 e. The maximum absolute atomic E-state index is 15.2. The molecule has 100 heavy (non-hydrogen) atoms. The monoisotopic (exact) mass is 1410 g/mol. The van der Waals surface area contributed by atoms with Crippen LogP contribution in [0, 0.1) is 17.7 Å². The van der Waals surface area contributed by atoms with Crippen LogP contribution in [-0.4, -0.2) is 313 Å². The molecule has 0 radical (unpaired) electrons. The maximum atomic E-state index is 15.2. The number of ether oxygens (including phenoxy) is 8. The molecule has 3 aromatic rings. The first-order valence-corrected chi connectivity index (χ1v) is 32.1. The van der Waals surface area contributed by atoms with Crippen molar-refractivity contribution in [2.45, 2.75) is 173 Å². The SMILES string of the molecule is COc1cccc(C2OC3C(OC4C(CO)OC(Oc5ccc(CC6NC(=O)C(C)N(c7ccccc7C)C(=O)CNC(=O)C(CO)NC(=O)C(C(O)C7CNC(=N)N7C7OC(CO)C(O)C(O)C7O)NC(=O)C(C(O)C7CNC(=N)N7)NC6=O)cc5)C(O)C4O)OC(CO)C(O)C3O2)c1. The van der Waals surface area contributed by atoms with E-state index in [1.807, 2.05) is 0 Å². The average molecular weight is 1410 g/mol. The molecule has 0 aromatic heterocycles. The topological polar surface area (TPSA) is 569 Å². The number of guanidine groups is 2. The van der Waals surface area contributed by atoms with Crippen LogP contribution in [-0.2, 0) is 63.6 Å². The molecule has 10 rings (SSSR count). The van der Waals surface area contributed by atoms with Gasteiger partial charge in [-0.2, -0.15) is 0 Å². The number of para-hydroxylation sites is 1. The molecule has 7 aliphatic rings. The minimum Gasteiger partial charge on any atom is -0.497 e. The van der Waals surface area contributed by atoms with Crippen molar-refractivity contribution < 1.29 is 128 Å². The Labute approximate surface area is 569 Å². The van der Waals surface area contributed by atoms with Gasteiger partial charge >= 0.3 is 0 Å². The predicted octanol–water partition coefficient (Wildman–Crippen LogP) is -9.98. The molecule has 7 aliphatic heterocycles. The summed E-state index contributed by atoms with van der Waals surface area (Å²) in [6.07, 6.45) is -30.4. The summed E-state index contributed by atoms with van der Waals surface area (Å²) in [6.45, 7) is -2.34. The molecule has 22 N–H and O–H groups in total. The van der Waals surface area contributed by atoms with E-state index in [1.165, 1.54) is 44.4 Å². The third-order valence-corrected chi connectivity index (χ3v) is 18.4. The molecule has 6 amide bonds. The van der Waals surface area contributed by atoms with Crippen molar-refractivity contribution in [3.63, 3.8) is 0 Å². The number of aliphatic hydroxyl groups is 12. The molecule has 0 spiro atoms. The summed E-state index contributed by atoms with van der Waals surface area (Å²) in [5, 5.41) is 169. The van der Waals surface area contributed by atoms with Gasteiger partial charge in [-0.3, -0.25) is 44.5 Å². The van der Waals surface area contributed by atoms with Crippen LogP contribution in [0.1, 0.15) is 29.9 Å². The fraction of sp³-hybridized carbons (Fsp3) is 0.581. The molecule has 38 heteroatoms. The zero-order valence-corrected chi connectivity index (χ0v) is 54.0. The zero-order valence-electron chi connectivity index (χ0n) is 54.0. The van der Waals surface area contributed by atoms with Crippen molar-refractivity contribution in [1.29, 1.82) is 10.8 Å². The molecular weight excluding hydrogens is 1330 g/mol. The van der Waals surface area contributed by atoms with Crippen LogP contribution in [0.5, 0.6) is 11.5 Å². The lowest BCUT2D eigenvalue weighted by Gasteiger charge is -2.46. The molecule has 7 saturated heterocycles. The Bertz CT molecular complexity index is 3420. The summed E-state index contributed by atoms with van der Waals surface area (Å²) in [7, 11) is 1.47. The van der Waals surface area contributed by atoms with Crippen molar-refractivity contribution >= 4 is 53.0 Å². The number of rotatable bonds is 18. The normalized spacial score (nSPS) is 36.2. The Kier molecular flexibility index (Phi) is 24.1. The van der Waals surface area contributed by atoms with Crippen molar-refractivity contribution in [2.24, 2.45) is 0 Å². The van der Waals surface area contributed by atoms with Gasteiger partial charge in [-0.05, 0) is 55.3 Å². The van der Waals surface area contributed by atoms with Crippen molar-refractivity contribution in [3.05, 3.63) is 89.5 Å². The first-order chi connectivity index (χ1) is 47.8. The van der Waals surface area contributed by atoms with Gasteiger partial charge in [-0.25, -0.2) is 0 Å². The second kappa shape index (κ2) is 32.3. The number of fused-ring (bicyclic) bond motifs is 1. The Morgan fingerprint density at radius 2 is 1.24 bits per heavy atom. The smallest absolute Gasteiger partial charge is 0.247 e. The highest BCUT2D eigenvalue weighted by molar-refractivity contribution is 6.04. The number of carbonyl (C=O) groups is 6. The molecule has 3 aromatic carbocycles. The van der Waals surface area contributed by atoms with Gasteiger partial charge in [0.2, 0.25) is 41.7 Å². The van der Waals surface area contributed by atoms with E-state index < -0.39 is 240 Å². The number of aryl methyl sites for hydroxylation is 1. The van der Waals surface area contributed by atoms with Crippen LogP contribution in [0.25, 0.3) is 0 Å². The maximum Gasteiger partial charge on any atom is 0.247 e. The van der Waals surface area contributed by atoms with Gasteiger partial charge in [0.05, 0.1) is 52.2 Å². The van der Waals surface area contributed by atoms with E-state index in [2.05, 4.69) is 42.5 Å².